The number of ether oxygens (including phenoxy) is 2. The molecule has 264 valence electrons. The number of primary amides is 1. The number of benzene rings is 5. The highest BCUT2D eigenvalue weighted by Crippen LogP contribution is 2.25. The smallest absolute Gasteiger partial charge is 0.320 e. The van der Waals surface area contributed by atoms with Crippen LogP contribution < -0.4 is 11.1 Å². The van der Waals surface area contributed by atoms with Crippen molar-refractivity contribution in [3.05, 3.63) is 150 Å². The van der Waals surface area contributed by atoms with Gasteiger partial charge in [-0.25, -0.2) is 0 Å². The number of rotatable bonds is 15. The van der Waals surface area contributed by atoms with Crippen molar-refractivity contribution in [2.24, 2.45) is 11.7 Å². The fourth-order valence-electron chi connectivity index (χ4n) is 6.41. The molecular weight excluding hydrogens is 654 g/mol. The number of esters is 2. The van der Waals surface area contributed by atoms with Gasteiger partial charge in [0, 0.05) is 35.1 Å². The van der Waals surface area contributed by atoms with E-state index in [0.29, 0.717) is 29.9 Å². The van der Waals surface area contributed by atoms with Crippen molar-refractivity contribution in [3.63, 3.8) is 0 Å². The monoisotopic (exact) mass is 695 g/mol. The average Bonchev–Trinajstić information content (AvgIpc) is 3.51. The topological polar surface area (TPSA) is 130 Å². The van der Waals surface area contributed by atoms with Gasteiger partial charge < -0.3 is 25.1 Å². The number of amides is 2. The number of para-hydroxylation sites is 2. The summed E-state index contributed by atoms with van der Waals surface area (Å²) in [6.07, 6.45) is -0.0776. The van der Waals surface area contributed by atoms with Crippen molar-refractivity contribution in [2.45, 2.75) is 51.9 Å². The summed E-state index contributed by atoms with van der Waals surface area (Å²) in [5.74, 6) is -3.66. The minimum atomic E-state index is -1.20. The number of fused-ring (bicyclic) bond motifs is 2. The Labute approximate surface area is 302 Å². The lowest BCUT2D eigenvalue weighted by Crippen LogP contribution is -2.34. The van der Waals surface area contributed by atoms with Crippen molar-refractivity contribution < 1.29 is 28.7 Å². The van der Waals surface area contributed by atoms with Gasteiger partial charge in [0.15, 0.2) is 5.92 Å². The van der Waals surface area contributed by atoms with E-state index in [1.807, 2.05) is 115 Å². The Morgan fingerprint density at radius 1 is 0.731 bits per heavy atom. The molecule has 0 aliphatic heterocycles. The molecule has 0 saturated heterocycles. The summed E-state index contributed by atoms with van der Waals surface area (Å²) in [6.45, 7) is 2.18. The van der Waals surface area contributed by atoms with Crippen LogP contribution in [0.5, 0.6) is 0 Å². The highest BCUT2D eigenvalue weighted by molar-refractivity contribution is 6.07. The van der Waals surface area contributed by atoms with Gasteiger partial charge in [0.05, 0.1) is 6.42 Å². The first kappa shape index (κ1) is 35.6. The van der Waals surface area contributed by atoms with E-state index < -0.39 is 29.9 Å². The van der Waals surface area contributed by atoms with Gasteiger partial charge in [-0.3, -0.25) is 19.2 Å². The van der Waals surface area contributed by atoms with Crippen LogP contribution in [0.4, 0.5) is 5.69 Å². The highest BCUT2D eigenvalue weighted by Gasteiger charge is 2.32. The van der Waals surface area contributed by atoms with Gasteiger partial charge in [-0.1, -0.05) is 123 Å². The summed E-state index contributed by atoms with van der Waals surface area (Å²) >= 11 is 0. The molecule has 0 fully saturated rings. The maximum absolute atomic E-state index is 13.8. The number of hydrogen-bond acceptors (Lipinski definition) is 6. The van der Waals surface area contributed by atoms with Crippen LogP contribution in [0.15, 0.2) is 127 Å². The second-order valence-corrected chi connectivity index (χ2v) is 12.8. The van der Waals surface area contributed by atoms with E-state index in [4.69, 9.17) is 15.2 Å². The molecule has 0 bridgehead atoms. The number of nitrogens with zero attached hydrogens (tertiary/aromatic N) is 1. The summed E-state index contributed by atoms with van der Waals surface area (Å²) in [7, 11) is 0. The van der Waals surface area contributed by atoms with Crippen molar-refractivity contribution in [3.8, 4) is 0 Å². The molecule has 0 aliphatic rings. The SMILES string of the molecule is CCC[C@@H](C(=O)OCc1ccccc1NC(=O)c1cc2ccccc2n1Cc1ccccc1)C(=O)O[C@H](CC(N)=O)Cc1ccc2ccccc2c1. The van der Waals surface area contributed by atoms with E-state index in [1.54, 1.807) is 24.3 Å². The Morgan fingerprint density at radius 3 is 2.19 bits per heavy atom. The molecule has 0 unspecified atom stereocenters. The van der Waals surface area contributed by atoms with Crippen LogP contribution in [0, 0.1) is 5.92 Å². The minimum absolute atomic E-state index is 0.183. The molecule has 2 atom stereocenters. The summed E-state index contributed by atoms with van der Waals surface area (Å²) in [5, 5.41) is 6.03. The molecule has 0 saturated carbocycles. The minimum Gasteiger partial charge on any atom is -0.461 e. The Balaban J connectivity index is 1.14. The number of anilines is 1. The van der Waals surface area contributed by atoms with Gasteiger partial charge in [-0.15, -0.1) is 0 Å². The largest absolute Gasteiger partial charge is 0.461 e. The highest BCUT2D eigenvalue weighted by atomic mass is 16.6. The van der Waals surface area contributed by atoms with Crippen molar-refractivity contribution in [1.82, 2.24) is 4.57 Å². The number of carbonyl (C=O) groups excluding carboxylic acids is 4. The lowest BCUT2D eigenvalue weighted by Gasteiger charge is -2.21. The van der Waals surface area contributed by atoms with Crippen LogP contribution in [-0.4, -0.2) is 34.4 Å². The van der Waals surface area contributed by atoms with Gasteiger partial charge in [-0.2, -0.15) is 0 Å². The maximum Gasteiger partial charge on any atom is 0.320 e. The second-order valence-electron chi connectivity index (χ2n) is 12.8. The summed E-state index contributed by atoms with van der Waals surface area (Å²) in [6, 6.07) is 40.4. The third-order valence-corrected chi connectivity index (χ3v) is 9.00. The van der Waals surface area contributed by atoms with Crippen LogP contribution in [0.1, 0.15) is 53.4 Å². The Kier molecular flexibility index (Phi) is 11.4. The zero-order valence-electron chi connectivity index (χ0n) is 29.0. The Morgan fingerprint density at radius 2 is 1.42 bits per heavy atom. The fraction of sp³-hybridized carbons (Fsp3) is 0.209. The van der Waals surface area contributed by atoms with E-state index in [-0.39, 0.29) is 31.8 Å². The number of nitrogens with two attached hydrogens (primary N) is 1. The molecule has 9 heteroatoms. The van der Waals surface area contributed by atoms with E-state index in [9.17, 15) is 19.2 Å². The third kappa shape index (κ3) is 8.73. The number of aromatic nitrogens is 1. The summed E-state index contributed by atoms with van der Waals surface area (Å²) in [5.41, 5.74) is 9.89. The molecule has 3 N–H and O–H groups in total. The first-order valence-electron chi connectivity index (χ1n) is 17.4. The number of nitrogens with one attached hydrogen (secondary N) is 1. The molecule has 0 aliphatic carbocycles. The maximum atomic E-state index is 13.8. The molecule has 0 spiro atoms. The van der Waals surface area contributed by atoms with Crippen LogP contribution in [0.25, 0.3) is 21.7 Å². The molecule has 1 heterocycles. The Hall–Kier alpha value is -6.22. The van der Waals surface area contributed by atoms with Crippen molar-refractivity contribution in [2.75, 3.05) is 5.32 Å². The molecule has 5 aromatic carbocycles. The standard InChI is InChI=1S/C43H41N3O6/c1-2-12-36(43(50)52-35(26-40(44)47)24-30-21-22-31-15-6-7-16-32(31)23-30)42(49)51-28-34-18-8-10-19-37(34)45-41(48)39-25-33-17-9-11-20-38(33)46(39)27-29-13-4-3-5-14-29/h3-11,13-23,25,35-36H,2,12,24,26-28H2,1H3,(H2,44,47)(H,45,48)/t35-,36-/m0/s1. The molecule has 6 rings (SSSR count). The van der Waals surface area contributed by atoms with Crippen LogP contribution in [0.2, 0.25) is 0 Å². The van der Waals surface area contributed by atoms with Gasteiger partial charge in [0.2, 0.25) is 5.91 Å². The predicted molar refractivity (Wildman–Crippen MR) is 201 cm³/mol. The molecule has 9 nitrogen and oxygen atoms in total. The zero-order chi connectivity index (χ0) is 36.5. The molecular formula is C43H41N3O6. The third-order valence-electron chi connectivity index (χ3n) is 9.00. The first-order valence-corrected chi connectivity index (χ1v) is 17.4. The molecule has 0 radical (unpaired) electrons. The van der Waals surface area contributed by atoms with Crippen molar-refractivity contribution >= 4 is 51.1 Å². The van der Waals surface area contributed by atoms with Gasteiger partial charge in [-0.05, 0) is 46.5 Å². The quantitative estimate of drug-likeness (QED) is 0.0842. The summed E-state index contributed by atoms with van der Waals surface area (Å²) < 4.78 is 13.4. The summed E-state index contributed by atoms with van der Waals surface area (Å²) in [4.78, 5) is 52.6. The zero-order valence-corrected chi connectivity index (χ0v) is 29.0. The number of carbonyl (C=O) groups is 4. The normalized spacial score (nSPS) is 12.2. The van der Waals surface area contributed by atoms with Gasteiger partial charge in [0.1, 0.15) is 18.4 Å². The fourth-order valence-corrected chi connectivity index (χ4v) is 6.41. The van der Waals surface area contributed by atoms with Gasteiger partial charge in [0.25, 0.3) is 5.91 Å². The lowest BCUT2D eigenvalue weighted by molar-refractivity contribution is -0.166. The second kappa shape index (κ2) is 16.7. The van der Waals surface area contributed by atoms with E-state index in [1.165, 1.54) is 0 Å². The van der Waals surface area contributed by atoms with E-state index in [0.717, 1.165) is 32.8 Å². The molecule has 2 amide bonds. The van der Waals surface area contributed by atoms with Crippen LogP contribution >= 0.6 is 0 Å². The molecule has 1 aromatic heterocycles. The number of hydrogen-bond donors (Lipinski definition) is 2. The first-order chi connectivity index (χ1) is 25.3. The molecule has 52 heavy (non-hydrogen) atoms. The average molecular weight is 696 g/mol. The Bertz CT molecular complexity index is 2210. The van der Waals surface area contributed by atoms with E-state index in [2.05, 4.69) is 5.32 Å². The predicted octanol–water partition coefficient (Wildman–Crippen LogP) is 7.58. The lowest BCUT2D eigenvalue weighted by atomic mass is 10.0. The van der Waals surface area contributed by atoms with Crippen LogP contribution in [0.3, 0.4) is 0 Å². The van der Waals surface area contributed by atoms with Crippen LogP contribution in [-0.2, 0) is 43.4 Å². The van der Waals surface area contributed by atoms with E-state index >= 15 is 0 Å². The van der Waals surface area contributed by atoms with Crippen molar-refractivity contribution in [1.29, 1.82) is 0 Å². The van der Waals surface area contributed by atoms with Gasteiger partial charge >= 0.3 is 11.9 Å². The molecule has 6 aromatic rings.